The summed E-state index contributed by atoms with van der Waals surface area (Å²) in [6, 6.07) is 14.5. The zero-order chi connectivity index (χ0) is 16.4. The summed E-state index contributed by atoms with van der Waals surface area (Å²) in [6.07, 6.45) is 0.340. The highest BCUT2D eigenvalue weighted by Gasteiger charge is 2.26. The van der Waals surface area contributed by atoms with E-state index in [-0.39, 0.29) is 11.8 Å². The molecule has 1 unspecified atom stereocenters. The summed E-state index contributed by atoms with van der Waals surface area (Å²) in [4.78, 5) is 35.3. The smallest absolute Gasteiger partial charge is 0.259 e. The number of benzene rings is 2. The van der Waals surface area contributed by atoms with Crippen LogP contribution in [0, 0.1) is 0 Å². The summed E-state index contributed by atoms with van der Waals surface area (Å²) in [5.74, 6) is -0.874. The van der Waals surface area contributed by atoms with Gasteiger partial charge in [-0.3, -0.25) is 19.7 Å². The molecule has 1 aliphatic rings. The van der Waals surface area contributed by atoms with Crippen molar-refractivity contribution in [3.8, 4) is 0 Å². The van der Waals surface area contributed by atoms with Gasteiger partial charge < -0.3 is 5.32 Å². The standard InChI is InChI=1S/C18H16N2O3/c1-11(12-5-3-2-4-6-12)9-16(21)19-13-7-8-14-15(10-13)18(23)20-17(14)22/h2-8,10-11H,9H2,1H3,(H,19,21)(H,20,22,23). The van der Waals surface area contributed by atoms with Gasteiger partial charge >= 0.3 is 0 Å². The number of rotatable bonds is 4. The Morgan fingerprint density at radius 3 is 2.48 bits per heavy atom. The molecule has 0 saturated heterocycles. The number of fused-ring (bicyclic) bond motifs is 1. The zero-order valence-electron chi connectivity index (χ0n) is 12.6. The van der Waals surface area contributed by atoms with Crippen LogP contribution in [0.2, 0.25) is 0 Å². The van der Waals surface area contributed by atoms with Crippen LogP contribution in [0.3, 0.4) is 0 Å². The third kappa shape index (κ3) is 3.13. The van der Waals surface area contributed by atoms with Crippen LogP contribution in [0.15, 0.2) is 48.5 Å². The van der Waals surface area contributed by atoms with Crippen LogP contribution in [-0.4, -0.2) is 17.7 Å². The molecule has 0 radical (unpaired) electrons. The van der Waals surface area contributed by atoms with Gasteiger partial charge in [0.1, 0.15) is 0 Å². The normalized spacial score (nSPS) is 14.1. The Kier molecular flexibility index (Phi) is 3.93. The summed E-state index contributed by atoms with van der Waals surface area (Å²) >= 11 is 0. The Balaban J connectivity index is 1.68. The molecule has 116 valence electrons. The number of amides is 3. The molecule has 0 spiro atoms. The van der Waals surface area contributed by atoms with Crippen LogP contribution in [0.1, 0.15) is 45.5 Å². The molecule has 5 nitrogen and oxygen atoms in total. The Bertz CT molecular complexity index is 784. The lowest BCUT2D eigenvalue weighted by atomic mass is 9.97. The van der Waals surface area contributed by atoms with Gasteiger partial charge in [0.05, 0.1) is 11.1 Å². The van der Waals surface area contributed by atoms with Gasteiger partial charge in [0.15, 0.2) is 0 Å². The quantitative estimate of drug-likeness (QED) is 0.853. The summed E-state index contributed by atoms with van der Waals surface area (Å²) in [5, 5.41) is 5.00. The average Bonchev–Trinajstić information content (AvgIpc) is 2.82. The Morgan fingerprint density at radius 2 is 1.74 bits per heavy atom. The number of nitrogens with one attached hydrogen (secondary N) is 2. The minimum absolute atomic E-state index is 0.0931. The highest BCUT2D eigenvalue weighted by molar-refractivity contribution is 6.22. The van der Waals surface area contributed by atoms with Gasteiger partial charge in [-0.1, -0.05) is 37.3 Å². The molecule has 5 heteroatoms. The number of hydrogen-bond acceptors (Lipinski definition) is 3. The highest BCUT2D eigenvalue weighted by Crippen LogP contribution is 2.22. The van der Waals surface area contributed by atoms with E-state index in [1.165, 1.54) is 6.07 Å². The van der Waals surface area contributed by atoms with E-state index in [0.717, 1.165) is 5.56 Å². The number of hydrogen-bond donors (Lipinski definition) is 2. The van der Waals surface area contributed by atoms with Crippen molar-refractivity contribution in [2.75, 3.05) is 5.32 Å². The largest absolute Gasteiger partial charge is 0.326 e. The maximum absolute atomic E-state index is 12.2. The monoisotopic (exact) mass is 308 g/mol. The van der Waals surface area contributed by atoms with E-state index in [9.17, 15) is 14.4 Å². The van der Waals surface area contributed by atoms with Crippen LogP contribution in [0.5, 0.6) is 0 Å². The van der Waals surface area contributed by atoms with Gasteiger partial charge in [0.25, 0.3) is 11.8 Å². The summed E-state index contributed by atoms with van der Waals surface area (Å²) in [6.45, 7) is 1.99. The Hall–Kier alpha value is -2.95. The lowest BCUT2D eigenvalue weighted by Gasteiger charge is -2.12. The second kappa shape index (κ2) is 6.04. The van der Waals surface area contributed by atoms with Crippen molar-refractivity contribution in [3.63, 3.8) is 0 Å². The minimum atomic E-state index is -0.432. The molecule has 1 aliphatic heterocycles. The lowest BCUT2D eigenvalue weighted by Crippen LogP contribution is -2.19. The van der Waals surface area contributed by atoms with Crippen molar-refractivity contribution in [2.45, 2.75) is 19.3 Å². The van der Waals surface area contributed by atoms with E-state index in [0.29, 0.717) is 23.2 Å². The number of carbonyl (C=O) groups is 3. The van der Waals surface area contributed by atoms with Crippen molar-refractivity contribution in [2.24, 2.45) is 0 Å². The number of anilines is 1. The number of imide groups is 1. The SMILES string of the molecule is CC(CC(=O)Nc1ccc2c(c1)C(=O)NC2=O)c1ccccc1. The van der Waals surface area contributed by atoms with Crippen LogP contribution >= 0.6 is 0 Å². The van der Waals surface area contributed by atoms with Crippen LogP contribution < -0.4 is 10.6 Å². The first-order valence-electron chi connectivity index (χ1n) is 7.39. The fourth-order valence-electron chi connectivity index (χ4n) is 2.64. The van der Waals surface area contributed by atoms with Crippen molar-refractivity contribution >= 4 is 23.4 Å². The first-order chi connectivity index (χ1) is 11.0. The van der Waals surface area contributed by atoms with Gasteiger partial charge in [-0.2, -0.15) is 0 Å². The molecule has 0 saturated carbocycles. The van der Waals surface area contributed by atoms with Crippen LogP contribution in [-0.2, 0) is 4.79 Å². The highest BCUT2D eigenvalue weighted by atomic mass is 16.2. The Morgan fingerprint density at radius 1 is 1.04 bits per heavy atom. The van der Waals surface area contributed by atoms with Gasteiger partial charge in [0, 0.05) is 12.1 Å². The molecular formula is C18H16N2O3. The summed E-state index contributed by atoms with van der Waals surface area (Å²) < 4.78 is 0. The van der Waals surface area contributed by atoms with E-state index in [4.69, 9.17) is 0 Å². The molecule has 1 atom stereocenters. The molecular weight excluding hydrogens is 292 g/mol. The molecule has 1 heterocycles. The van der Waals surface area contributed by atoms with E-state index < -0.39 is 11.8 Å². The lowest BCUT2D eigenvalue weighted by molar-refractivity contribution is -0.116. The molecule has 2 N–H and O–H groups in total. The predicted molar refractivity (Wildman–Crippen MR) is 86.3 cm³/mol. The maximum atomic E-state index is 12.2. The molecule has 0 aromatic heterocycles. The zero-order valence-corrected chi connectivity index (χ0v) is 12.6. The maximum Gasteiger partial charge on any atom is 0.259 e. The minimum Gasteiger partial charge on any atom is -0.326 e. The molecule has 3 rings (SSSR count). The molecule has 2 aromatic rings. The summed E-state index contributed by atoms with van der Waals surface area (Å²) in [7, 11) is 0. The fraction of sp³-hybridized carbons (Fsp3) is 0.167. The second-order valence-electron chi connectivity index (χ2n) is 5.61. The molecule has 2 aromatic carbocycles. The van der Waals surface area contributed by atoms with E-state index >= 15 is 0 Å². The van der Waals surface area contributed by atoms with E-state index in [1.807, 2.05) is 37.3 Å². The Labute approximate surface area is 133 Å². The first-order valence-corrected chi connectivity index (χ1v) is 7.39. The molecule has 3 amide bonds. The molecule has 0 bridgehead atoms. The van der Waals surface area contributed by atoms with Crippen LogP contribution in [0.4, 0.5) is 5.69 Å². The molecule has 0 aliphatic carbocycles. The van der Waals surface area contributed by atoms with Gasteiger partial charge in [0.2, 0.25) is 5.91 Å². The summed E-state index contributed by atoms with van der Waals surface area (Å²) in [5.41, 5.74) is 2.25. The fourth-order valence-corrected chi connectivity index (χ4v) is 2.64. The van der Waals surface area contributed by atoms with Crippen molar-refractivity contribution < 1.29 is 14.4 Å². The number of carbonyl (C=O) groups excluding carboxylic acids is 3. The molecule has 23 heavy (non-hydrogen) atoms. The average molecular weight is 308 g/mol. The topological polar surface area (TPSA) is 75.3 Å². The van der Waals surface area contributed by atoms with Crippen molar-refractivity contribution in [1.82, 2.24) is 5.32 Å². The van der Waals surface area contributed by atoms with E-state index in [1.54, 1.807) is 12.1 Å². The van der Waals surface area contributed by atoms with Crippen LogP contribution in [0.25, 0.3) is 0 Å². The third-order valence-electron chi connectivity index (χ3n) is 3.88. The second-order valence-corrected chi connectivity index (χ2v) is 5.61. The van der Waals surface area contributed by atoms with Crippen molar-refractivity contribution in [1.29, 1.82) is 0 Å². The van der Waals surface area contributed by atoms with Gasteiger partial charge in [-0.15, -0.1) is 0 Å². The van der Waals surface area contributed by atoms with Gasteiger partial charge in [-0.25, -0.2) is 0 Å². The predicted octanol–water partition coefficient (Wildman–Crippen LogP) is 2.70. The first kappa shape index (κ1) is 15.0. The van der Waals surface area contributed by atoms with Crippen molar-refractivity contribution in [3.05, 3.63) is 65.2 Å². The molecule has 0 fully saturated rings. The van der Waals surface area contributed by atoms with E-state index in [2.05, 4.69) is 10.6 Å². The van der Waals surface area contributed by atoms with Gasteiger partial charge in [-0.05, 0) is 29.7 Å². The third-order valence-corrected chi connectivity index (χ3v) is 3.88.